The normalized spacial score (nSPS) is 18.6. The second-order valence-corrected chi connectivity index (χ2v) is 7.95. The van der Waals surface area contributed by atoms with Gasteiger partial charge in [-0.05, 0) is 42.7 Å². The third-order valence-electron chi connectivity index (χ3n) is 5.96. The highest BCUT2D eigenvalue weighted by Gasteiger charge is 2.35. The van der Waals surface area contributed by atoms with Gasteiger partial charge in [-0.2, -0.15) is 0 Å². The molecule has 3 amide bonds. The Bertz CT molecular complexity index is 1000. The molecule has 1 unspecified atom stereocenters. The monoisotopic (exact) mass is 421 g/mol. The summed E-state index contributed by atoms with van der Waals surface area (Å²) in [6.07, 6.45) is 2.48. The second kappa shape index (κ2) is 8.79. The summed E-state index contributed by atoms with van der Waals surface area (Å²) >= 11 is 0. The first-order valence-corrected chi connectivity index (χ1v) is 10.7. The maximum absolute atomic E-state index is 12.8. The minimum absolute atomic E-state index is 0.0510. The molecular formula is C24H27N3O4. The molecule has 2 saturated heterocycles. The van der Waals surface area contributed by atoms with E-state index in [1.54, 1.807) is 35.1 Å². The summed E-state index contributed by atoms with van der Waals surface area (Å²) in [6, 6.07) is 13.2. The van der Waals surface area contributed by atoms with Crippen LogP contribution in [0.15, 0.2) is 42.5 Å². The van der Waals surface area contributed by atoms with Gasteiger partial charge < -0.3 is 19.9 Å². The number of ether oxygens (including phenoxy) is 1. The molecule has 31 heavy (non-hydrogen) atoms. The molecule has 2 aliphatic heterocycles. The van der Waals surface area contributed by atoms with Gasteiger partial charge in [0.2, 0.25) is 17.7 Å². The molecule has 1 atom stereocenters. The zero-order chi connectivity index (χ0) is 22.0. The summed E-state index contributed by atoms with van der Waals surface area (Å²) in [5, 5.41) is 2.90. The number of benzene rings is 2. The number of amides is 3. The van der Waals surface area contributed by atoms with Crippen LogP contribution in [0.3, 0.4) is 0 Å². The van der Waals surface area contributed by atoms with Crippen molar-refractivity contribution < 1.29 is 19.1 Å². The molecule has 7 heteroatoms. The number of nitrogens with one attached hydrogen (secondary N) is 1. The Morgan fingerprint density at radius 2 is 1.87 bits per heavy atom. The van der Waals surface area contributed by atoms with Gasteiger partial charge in [-0.1, -0.05) is 19.1 Å². The van der Waals surface area contributed by atoms with Crippen LogP contribution in [0, 0.1) is 5.92 Å². The van der Waals surface area contributed by atoms with Crippen LogP contribution in [0.2, 0.25) is 0 Å². The standard InChI is InChI=1S/C24H27N3O4/c1-3-16-6-9-19(10-7-16)27-15-17(13-23(27)29)24(30)25-18-8-11-20(21(14-18)31-2)26-12-4-5-22(26)28/h6-11,14,17H,3-5,12-13,15H2,1-2H3,(H,25,30). The Kier molecular flexibility index (Phi) is 5.93. The van der Waals surface area contributed by atoms with Crippen LogP contribution >= 0.6 is 0 Å². The first-order chi connectivity index (χ1) is 15.0. The largest absolute Gasteiger partial charge is 0.494 e. The summed E-state index contributed by atoms with van der Waals surface area (Å²) in [4.78, 5) is 40.8. The third kappa shape index (κ3) is 4.26. The van der Waals surface area contributed by atoms with Crippen LogP contribution in [0.1, 0.15) is 31.7 Å². The van der Waals surface area contributed by atoms with Gasteiger partial charge in [-0.3, -0.25) is 14.4 Å². The summed E-state index contributed by atoms with van der Waals surface area (Å²) in [6.45, 7) is 3.11. The van der Waals surface area contributed by atoms with E-state index in [9.17, 15) is 14.4 Å². The average Bonchev–Trinajstić information content (AvgIpc) is 3.39. The van der Waals surface area contributed by atoms with Gasteiger partial charge in [0.1, 0.15) is 5.75 Å². The maximum Gasteiger partial charge on any atom is 0.229 e. The third-order valence-corrected chi connectivity index (χ3v) is 5.96. The van der Waals surface area contributed by atoms with Crippen molar-refractivity contribution in [2.75, 3.05) is 35.3 Å². The van der Waals surface area contributed by atoms with Crippen LogP contribution in [0.25, 0.3) is 0 Å². The van der Waals surface area contributed by atoms with Gasteiger partial charge in [0.15, 0.2) is 0 Å². The molecule has 1 N–H and O–H groups in total. The number of methoxy groups -OCH3 is 1. The van der Waals surface area contributed by atoms with Crippen molar-refractivity contribution in [3.63, 3.8) is 0 Å². The molecule has 2 aromatic rings. The molecule has 0 aromatic heterocycles. The minimum atomic E-state index is -0.427. The lowest BCUT2D eigenvalue weighted by Gasteiger charge is -2.20. The first kappa shape index (κ1) is 20.9. The Labute approximate surface area is 182 Å². The predicted molar refractivity (Wildman–Crippen MR) is 119 cm³/mol. The molecule has 0 radical (unpaired) electrons. The van der Waals surface area contributed by atoms with E-state index in [1.165, 1.54) is 5.56 Å². The van der Waals surface area contributed by atoms with E-state index in [1.807, 2.05) is 24.3 Å². The number of hydrogen-bond acceptors (Lipinski definition) is 4. The molecule has 0 aliphatic carbocycles. The molecule has 2 aromatic carbocycles. The summed E-state index contributed by atoms with van der Waals surface area (Å²) in [5.74, 6) is -0.0676. The van der Waals surface area contributed by atoms with Gasteiger partial charge in [0, 0.05) is 43.4 Å². The molecule has 2 heterocycles. The lowest BCUT2D eigenvalue weighted by atomic mass is 10.1. The molecule has 2 fully saturated rings. The van der Waals surface area contributed by atoms with Gasteiger partial charge in [-0.25, -0.2) is 0 Å². The van der Waals surface area contributed by atoms with E-state index in [-0.39, 0.29) is 24.1 Å². The van der Waals surface area contributed by atoms with Crippen molar-refractivity contribution in [1.29, 1.82) is 0 Å². The van der Waals surface area contributed by atoms with Crippen LogP contribution in [0.5, 0.6) is 5.75 Å². The topological polar surface area (TPSA) is 79.0 Å². The van der Waals surface area contributed by atoms with Crippen molar-refractivity contribution in [2.45, 2.75) is 32.6 Å². The highest BCUT2D eigenvalue weighted by Crippen LogP contribution is 2.34. The zero-order valence-electron chi connectivity index (χ0n) is 17.9. The number of carbonyl (C=O) groups is 3. The lowest BCUT2D eigenvalue weighted by molar-refractivity contribution is -0.122. The quantitative estimate of drug-likeness (QED) is 0.776. The number of hydrogen-bond donors (Lipinski definition) is 1. The molecule has 162 valence electrons. The molecular weight excluding hydrogens is 394 g/mol. The Hall–Kier alpha value is -3.35. The minimum Gasteiger partial charge on any atom is -0.494 e. The Morgan fingerprint density at radius 1 is 1.10 bits per heavy atom. The zero-order valence-corrected chi connectivity index (χ0v) is 17.9. The highest BCUT2D eigenvalue weighted by atomic mass is 16.5. The summed E-state index contributed by atoms with van der Waals surface area (Å²) in [7, 11) is 1.54. The number of anilines is 3. The second-order valence-electron chi connectivity index (χ2n) is 7.95. The molecule has 4 rings (SSSR count). The molecule has 0 bridgehead atoms. The first-order valence-electron chi connectivity index (χ1n) is 10.7. The van der Waals surface area contributed by atoms with Gasteiger partial charge in [0.25, 0.3) is 0 Å². The van der Waals surface area contributed by atoms with E-state index in [2.05, 4.69) is 12.2 Å². The number of rotatable bonds is 6. The average molecular weight is 421 g/mol. The van der Waals surface area contributed by atoms with E-state index in [0.29, 0.717) is 36.6 Å². The summed E-state index contributed by atoms with van der Waals surface area (Å²) in [5.41, 5.74) is 3.31. The summed E-state index contributed by atoms with van der Waals surface area (Å²) < 4.78 is 5.46. The lowest BCUT2D eigenvalue weighted by Crippen LogP contribution is -2.28. The predicted octanol–water partition coefficient (Wildman–Crippen LogP) is 3.38. The number of aryl methyl sites for hydroxylation is 1. The SMILES string of the molecule is CCc1ccc(N2CC(C(=O)Nc3ccc(N4CCCC4=O)c(OC)c3)CC2=O)cc1. The van der Waals surface area contributed by atoms with Crippen LogP contribution in [-0.2, 0) is 20.8 Å². The number of carbonyl (C=O) groups excluding carboxylic acids is 3. The van der Waals surface area contributed by atoms with E-state index in [0.717, 1.165) is 18.5 Å². The van der Waals surface area contributed by atoms with E-state index in [4.69, 9.17) is 4.74 Å². The van der Waals surface area contributed by atoms with E-state index >= 15 is 0 Å². The highest BCUT2D eigenvalue weighted by molar-refractivity contribution is 6.04. The van der Waals surface area contributed by atoms with Crippen LogP contribution < -0.4 is 19.9 Å². The van der Waals surface area contributed by atoms with Crippen molar-refractivity contribution in [2.24, 2.45) is 5.92 Å². The maximum atomic E-state index is 12.8. The van der Waals surface area contributed by atoms with Crippen molar-refractivity contribution in [3.8, 4) is 5.75 Å². The molecule has 0 spiro atoms. The molecule has 7 nitrogen and oxygen atoms in total. The molecule has 0 saturated carbocycles. The molecule has 2 aliphatic rings. The Balaban J connectivity index is 1.44. The fourth-order valence-electron chi connectivity index (χ4n) is 4.17. The van der Waals surface area contributed by atoms with Crippen molar-refractivity contribution >= 4 is 34.8 Å². The van der Waals surface area contributed by atoms with Gasteiger partial charge in [-0.15, -0.1) is 0 Å². The van der Waals surface area contributed by atoms with Crippen LogP contribution in [-0.4, -0.2) is 37.9 Å². The van der Waals surface area contributed by atoms with Gasteiger partial charge in [0.05, 0.1) is 18.7 Å². The Morgan fingerprint density at radius 3 is 2.52 bits per heavy atom. The fraction of sp³-hybridized carbons (Fsp3) is 0.375. The van der Waals surface area contributed by atoms with Crippen LogP contribution in [0.4, 0.5) is 17.1 Å². The van der Waals surface area contributed by atoms with Gasteiger partial charge >= 0.3 is 0 Å². The van der Waals surface area contributed by atoms with E-state index < -0.39 is 5.92 Å². The van der Waals surface area contributed by atoms with Crippen molar-refractivity contribution in [1.82, 2.24) is 0 Å². The number of nitrogens with zero attached hydrogens (tertiary/aromatic N) is 2. The smallest absolute Gasteiger partial charge is 0.229 e. The fourth-order valence-corrected chi connectivity index (χ4v) is 4.17. The van der Waals surface area contributed by atoms with Crippen molar-refractivity contribution in [3.05, 3.63) is 48.0 Å².